The number of phenolic OH excluding ortho intramolecular Hbond substituents is 3. The van der Waals surface area contributed by atoms with Gasteiger partial charge >= 0.3 is 0 Å². The van der Waals surface area contributed by atoms with Crippen LogP contribution < -0.4 is 22.9 Å². The summed E-state index contributed by atoms with van der Waals surface area (Å²) in [6.45, 7) is 2.16. The smallest absolute Gasteiger partial charge is 0.137 e. The van der Waals surface area contributed by atoms with Gasteiger partial charge in [-0.25, -0.2) is 0 Å². The van der Waals surface area contributed by atoms with Crippen molar-refractivity contribution in [2.24, 2.45) is 22.9 Å². The lowest BCUT2D eigenvalue weighted by Crippen LogP contribution is -2.32. The maximum Gasteiger partial charge on any atom is 0.137 e. The second kappa shape index (κ2) is 13.7. The van der Waals surface area contributed by atoms with Gasteiger partial charge in [0.15, 0.2) is 0 Å². The third kappa shape index (κ3) is 6.72. The molecule has 0 heterocycles. The number of rotatable bonds is 15. The number of unbranched alkanes of at least 4 members (excludes halogenated alkanes) is 6. The van der Waals surface area contributed by atoms with E-state index >= 15 is 0 Å². The first-order valence-electron chi connectivity index (χ1n) is 14.3. The highest BCUT2D eigenvalue weighted by atomic mass is 16.3. The maximum atomic E-state index is 11.3. The largest absolute Gasteiger partial charge is 0.508 e. The molecule has 0 saturated heterocycles. The molecule has 3 aromatic rings. The van der Waals surface area contributed by atoms with E-state index in [-0.39, 0.29) is 28.0 Å². The van der Waals surface area contributed by atoms with Gasteiger partial charge < -0.3 is 38.3 Å². The lowest BCUT2D eigenvalue weighted by molar-refractivity contribution is 0.434. The Balaban J connectivity index is 2.47. The van der Waals surface area contributed by atoms with Crippen LogP contribution in [0.25, 0.3) is 0 Å². The predicted octanol–water partition coefficient (Wildman–Crippen LogP) is 4.41. The molecule has 0 fully saturated rings. The van der Waals surface area contributed by atoms with Crippen LogP contribution in [-0.2, 0) is 5.41 Å². The van der Waals surface area contributed by atoms with Gasteiger partial charge in [-0.05, 0) is 47.9 Å². The van der Waals surface area contributed by atoms with Gasteiger partial charge in [0.25, 0.3) is 0 Å². The van der Waals surface area contributed by atoms with Crippen molar-refractivity contribution in [2.45, 2.75) is 63.7 Å². The molecule has 0 aliphatic heterocycles. The minimum atomic E-state index is -1.28. The number of hydrogen-bond donors (Lipinski definition) is 11. The zero-order valence-corrected chi connectivity index (χ0v) is 24.4. The van der Waals surface area contributed by atoms with E-state index in [1.807, 2.05) is 0 Å². The van der Waals surface area contributed by atoms with Crippen molar-refractivity contribution >= 4 is 23.3 Å². The first kappa shape index (κ1) is 32.5. The van der Waals surface area contributed by atoms with Gasteiger partial charge in [0.1, 0.15) is 40.6 Å². The second-order valence-electron chi connectivity index (χ2n) is 10.8. The summed E-state index contributed by atoms with van der Waals surface area (Å²) < 4.78 is 0. The Hall–Kier alpha value is -5.06. The highest BCUT2D eigenvalue weighted by Crippen LogP contribution is 2.49. The van der Waals surface area contributed by atoms with Gasteiger partial charge in [-0.3, -0.25) is 21.6 Å². The summed E-state index contributed by atoms with van der Waals surface area (Å²) in [4.78, 5) is 0. The lowest BCUT2D eigenvalue weighted by atomic mass is 9.65. The van der Waals surface area contributed by atoms with Crippen molar-refractivity contribution < 1.29 is 15.3 Å². The highest BCUT2D eigenvalue weighted by molar-refractivity contribution is 6.06. The molecule has 15 N–H and O–H groups in total. The summed E-state index contributed by atoms with van der Waals surface area (Å²) in [6.07, 6.45) is 7.37. The molecule has 0 aliphatic carbocycles. The van der Waals surface area contributed by atoms with Crippen molar-refractivity contribution in [3.05, 3.63) is 87.5 Å². The van der Waals surface area contributed by atoms with Gasteiger partial charge in [0.05, 0.1) is 22.3 Å². The first-order valence-corrected chi connectivity index (χ1v) is 14.3. The molecule has 228 valence electrons. The zero-order chi connectivity index (χ0) is 31.9. The van der Waals surface area contributed by atoms with Gasteiger partial charge in [-0.15, -0.1) is 0 Å². The van der Waals surface area contributed by atoms with Gasteiger partial charge in [0, 0.05) is 11.0 Å². The van der Waals surface area contributed by atoms with E-state index in [9.17, 15) is 15.3 Å². The fourth-order valence-corrected chi connectivity index (χ4v) is 5.67. The number of para-hydroxylation sites is 1. The highest BCUT2D eigenvalue weighted by Gasteiger charge is 2.40. The molecule has 43 heavy (non-hydrogen) atoms. The van der Waals surface area contributed by atoms with Crippen LogP contribution in [0.15, 0.2) is 48.5 Å². The molecule has 0 unspecified atom stereocenters. The number of nitrogen functional groups attached to an aromatic ring is 4. The Bertz CT molecular complexity index is 1400. The number of nitrogens with one attached hydrogen (secondary N) is 4. The molecule has 3 rings (SSSR count). The molecular weight excluding hydrogens is 544 g/mol. The normalized spacial score (nSPS) is 12.4. The zero-order valence-electron chi connectivity index (χ0n) is 24.4. The van der Waals surface area contributed by atoms with E-state index in [2.05, 4.69) is 6.92 Å². The van der Waals surface area contributed by atoms with E-state index in [4.69, 9.17) is 44.6 Å². The van der Waals surface area contributed by atoms with Crippen LogP contribution in [0.4, 0.5) is 0 Å². The van der Waals surface area contributed by atoms with Crippen LogP contribution in [0, 0.1) is 21.6 Å². The van der Waals surface area contributed by atoms with Crippen molar-refractivity contribution in [1.82, 2.24) is 0 Å². The topological polar surface area (TPSA) is 260 Å². The molecule has 3 aromatic carbocycles. The standard InChI is InChI=1S/C32H42N8O3/c1-2-3-4-5-6-7-10-13-32(24-11-8-9-12-25(24)41,18-14-20(28(33)34)26(42)21(15-18)29(35)36)19-16-22(30(37)38)27(43)23(17-19)31(39)40/h8-9,11-12,14-17,41-43H,2-7,10,13H2,1H3,(H3,33,34)(H3,35,36)(H3,37,38)(H3,39,40). The minimum absolute atomic E-state index is 0.0561. The summed E-state index contributed by atoms with van der Waals surface area (Å²) >= 11 is 0. The third-order valence-electron chi connectivity index (χ3n) is 7.89. The number of phenols is 3. The van der Waals surface area contributed by atoms with Crippen LogP contribution in [-0.4, -0.2) is 38.7 Å². The first-order chi connectivity index (χ1) is 20.4. The number of benzene rings is 3. The molecule has 0 saturated carbocycles. The molecule has 0 aromatic heterocycles. The molecular formula is C32H42N8O3. The molecule has 0 radical (unpaired) electrons. The number of hydrogen-bond acceptors (Lipinski definition) is 7. The Morgan fingerprint density at radius 2 is 0.977 bits per heavy atom. The Morgan fingerprint density at radius 1 is 0.605 bits per heavy atom. The monoisotopic (exact) mass is 586 g/mol. The molecule has 0 atom stereocenters. The van der Waals surface area contributed by atoms with Crippen LogP contribution in [0.5, 0.6) is 17.2 Å². The van der Waals surface area contributed by atoms with Crippen LogP contribution >= 0.6 is 0 Å². The van der Waals surface area contributed by atoms with Crippen LogP contribution in [0.3, 0.4) is 0 Å². The third-order valence-corrected chi connectivity index (χ3v) is 7.89. The predicted molar refractivity (Wildman–Crippen MR) is 171 cm³/mol. The van der Waals surface area contributed by atoms with E-state index in [0.717, 1.165) is 38.5 Å². The summed E-state index contributed by atoms with van der Waals surface area (Å²) in [5, 5.41) is 65.7. The SMILES string of the molecule is CCCCCCCCCC(c1cc(C(=N)N)c(O)c(C(=N)N)c1)(c1cc(C(=N)N)c(O)c(C(=N)N)c1)c1ccccc1O. The summed E-state index contributed by atoms with van der Waals surface area (Å²) in [5.41, 5.74) is 23.3. The average Bonchev–Trinajstić information content (AvgIpc) is 2.95. The van der Waals surface area contributed by atoms with Crippen molar-refractivity contribution in [3.63, 3.8) is 0 Å². The van der Waals surface area contributed by atoms with E-state index in [1.54, 1.807) is 18.2 Å². The van der Waals surface area contributed by atoms with Crippen LogP contribution in [0.2, 0.25) is 0 Å². The van der Waals surface area contributed by atoms with Gasteiger partial charge in [-0.2, -0.15) is 0 Å². The van der Waals surface area contributed by atoms with Crippen molar-refractivity contribution in [2.75, 3.05) is 0 Å². The number of nitrogens with two attached hydrogens (primary N) is 4. The molecule has 0 bridgehead atoms. The molecule has 0 aliphatic rings. The molecule has 0 amide bonds. The summed E-state index contributed by atoms with van der Waals surface area (Å²) in [6, 6.07) is 12.8. The van der Waals surface area contributed by atoms with Crippen molar-refractivity contribution in [3.8, 4) is 17.2 Å². The second-order valence-corrected chi connectivity index (χ2v) is 10.8. The molecule has 0 spiro atoms. The number of aromatic hydroxyl groups is 3. The minimum Gasteiger partial charge on any atom is -0.508 e. The quantitative estimate of drug-likeness (QED) is 0.0528. The molecule has 11 heteroatoms. The van der Waals surface area contributed by atoms with E-state index in [0.29, 0.717) is 29.5 Å². The fraction of sp³-hybridized carbons (Fsp3) is 0.312. The molecule has 11 nitrogen and oxygen atoms in total. The number of amidine groups is 4. The summed E-state index contributed by atoms with van der Waals surface area (Å²) in [5.74, 6) is -2.73. The lowest BCUT2D eigenvalue weighted by Gasteiger charge is -2.38. The van der Waals surface area contributed by atoms with E-state index in [1.165, 1.54) is 30.3 Å². The van der Waals surface area contributed by atoms with Crippen LogP contribution in [0.1, 0.15) is 97.2 Å². The Morgan fingerprint density at radius 3 is 1.35 bits per heavy atom. The average molecular weight is 587 g/mol. The maximum absolute atomic E-state index is 11.3. The Labute approximate surface area is 251 Å². The summed E-state index contributed by atoms with van der Waals surface area (Å²) in [7, 11) is 0. The fourth-order valence-electron chi connectivity index (χ4n) is 5.67. The Kier molecular flexibility index (Phi) is 10.4. The van der Waals surface area contributed by atoms with E-state index < -0.39 is 40.3 Å². The van der Waals surface area contributed by atoms with Gasteiger partial charge in [-0.1, -0.05) is 70.1 Å². The van der Waals surface area contributed by atoms with Gasteiger partial charge in [0.2, 0.25) is 0 Å². The van der Waals surface area contributed by atoms with Crippen molar-refractivity contribution in [1.29, 1.82) is 21.6 Å².